The number of thioether (sulfide) groups is 1. The van der Waals surface area contributed by atoms with E-state index < -0.39 is 0 Å². The van der Waals surface area contributed by atoms with Crippen LogP contribution in [0.25, 0.3) is 0 Å². The minimum Gasteiger partial charge on any atom is -0.457 e. The lowest BCUT2D eigenvalue weighted by Crippen LogP contribution is -2.47. The molecule has 134 valence electrons. The molecule has 0 atom stereocenters. The number of ether oxygens (including phenoxy) is 2. The van der Waals surface area contributed by atoms with Gasteiger partial charge in [-0.05, 0) is 12.1 Å². The third-order valence-electron chi connectivity index (χ3n) is 5.58. The van der Waals surface area contributed by atoms with Crippen molar-refractivity contribution in [2.75, 3.05) is 25.4 Å². The van der Waals surface area contributed by atoms with Crippen molar-refractivity contribution in [2.24, 2.45) is 0 Å². The lowest BCUT2D eigenvalue weighted by atomic mass is 9.86. The van der Waals surface area contributed by atoms with E-state index in [9.17, 15) is 4.79 Å². The first kappa shape index (κ1) is 16.2. The first-order valence-electron chi connectivity index (χ1n) is 9.18. The van der Waals surface area contributed by atoms with E-state index in [1.165, 1.54) is 0 Å². The molecule has 5 rings (SSSR count). The van der Waals surface area contributed by atoms with Gasteiger partial charge in [-0.3, -0.25) is 4.79 Å². The van der Waals surface area contributed by atoms with Crippen molar-refractivity contribution >= 4 is 17.7 Å². The maximum atomic E-state index is 13.5. The van der Waals surface area contributed by atoms with Crippen molar-refractivity contribution in [3.05, 3.63) is 59.7 Å². The van der Waals surface area contributed by atoms with Gasteiger partial charge in [0.2, 0.25) is 5.91 Å². The molecule has 5 heteroatoms. The number of carbonyl (C=O) groups is 1. The first-order valence-corrected chi connectivity index (χ1v) is 10.2. The standard InChI is InChI=1S/C21H21NO3S/c23-20(22-11-9-21(10-12-22)24-13-14-26-21)19-15-5-1-3-7-17(15)25-18-8-4-2-6-16(18)19/h1-8,19H,9-14H2. The zero-order valence-electron chi connectivity index (χ0n) is 14.5. The Hall–Kier alpha value is -1.98. The van der Waals surface area contributed by atoms with E-state index in [1.54, 1.807) is 0 Å². The fourth-order valence-corrected chi connectivity index (χ4v) is 5.39. The molecule has 0 bridgehead atoms. The van der Waals surface area contributed by atoms with Gasteiger partial charge in [0.15, 0.2) is 0 Å². The molecule has 3 aliphatic rings. The van der Waals surface area contributed by atoms with Gasteiger partial charge in [0.1, 0.15) is 16.4 Å². The topological polar surface area (TPSA) is 38.8 Å². The SMILES string of the molecule is O=C(C1c2ccccc2Oc2ccccc21)N1CCC2(CC1)OCCS2. The molecule has 2 aromatic carbocycles. The number of likely N-dealkylation sites (tertiary alicyclic amines) is 1. The summed E-state index contributed by atoms with van der Waals surface area (Å²) in [5.41, 5.74) is 1.92. The van der Waals surface area contributed by atoms with Crippen LogP contribution in [0.2, 0.25) is 0 Å². The molecule has 2 aromatic rings. The predicted molar refractivity (Wildman–Crippen MR) is 102 cm³/mol. The van der Waals surface area contributed by atoms with Crippen LogP contribution in [0.15, 0.2) is 48.5 Å². The highest BCUT2D eigenvalue weighted by molar-refractivity contribution is 8.00. The van der Waals surface area contributed by atoms with Gasteiger partial charge in [0.05, 0.1) is 12.5 Å². The number of rotatable bonds is 1. The lowest BCUT2D eigenvalue weighted by molar-refractivity contribution is -0.135. The fourth-order valence-electron chi connectivity index (χ4n) is 4.21. The van der Waals surface area contributed by atoms with Gasteiger partial charge >= 0.3 is 0 Å². The molecule has 0 unspecified atom stereocenters. The van der Waals surface area contributed by atoms with Crippen LogP contribution in [0.3, 0.4) is 0 Å². The quantitative estimate of drug-likeness (QED) is 0.763. The summed E-state index contributed by atoms with van der Waals surface area (Å²) in [6, 6.07) is 15.8. The Morgan fingerprint density at radius 1 is 1.00 bits per heavy atom. The molecule has 0 radical (unpaired) electrons. The molecule has 0 aromatic heterocycles. The van der Waals surface area contributed by atoms with E-state index in [2.05, 4.69) is 0 Å². The lowest BCUT2D eigenvalue weighted by Gasteiger charge is -2.40. The second-order valence-electron chi connectivity index (χ2n) is 7.04. The van der Waals surface area contributed by atoms with E-state index >= 15 is 0 Å². The van der Waals surface area contributed by atoms with Crippen LogP contribution in [0, 0.1) is 0 Å². The predicted octanol–water partition coefficient (Wildman–Crippen LogP) is 4.01. The average molecular weight is 367 g/mol. The number of hydrogen-bond donors (Lipinski definition) is 0. The largest absolute Gasteiger partial charge is 0.457 e. The Kier molecular flexibility index (Phi) is 3.94. The van der Waals surface area contributed by atoms with Crippen molar-refractivity contribution in [1.82, 2.24) is 4.90 Å². The van der Waals surface area contributed by atoms with E-state index in [0.29, 0.717) is 0 Å². The fraction of sp³-hybridized carbons (Fsp3) is 0.381. The number of amides is 1. The second kappa shape index (κ2) is 6.32. The Balaban J connectivity index is 1.45. The molecule has 4 nitrogen and oxygen atoms in total. The Morgan fingerprint density at radius 2 is 1.62 bits per heavy atom. The van der Waals surface area contributed by atoms with Crippen LogP contribution in [-0.4, -0.2) is 41.2 Å². The van der Waals surface area contributed by atoms with Gasteiger partial charge < -0.3 is 14.4 Å². The van der Waals surface area contributed by atoms with Crippen molar-refractivity contribution < 1.29 is 14.3 Å². The number of para-hydroxylation sites is 2. The van der Waals surface area contributed by atoms with Gasteiger partial charge in [-0.25, -0.2) is 0 Å². The number of piperidine rings is 1. The highest BCUT2D eigenvalue weighted by atomic mass is 32.2. The molecule has 2 saturated heterocycles. The summed E-state index contributed by atoms with van der Waals surface area (Å²) in [6.07, 6.45) is 1.83. The average Bonchev–Trinajstić information content (AvgIpc) is 3.14. The molecular weight excluding hydrogens is 346 g/mol. The molecule has 0 aliphatic carbocycles. The molecule has 3 aliphatic heterocycles. The smallest absolute Gasteiger partial charge is 0.234 e. The van der Waals surface area contributed by atoms with E-state index in [0.717, 1.165) is 60.9 Å². The molecule has 3 heterocycles. The summed E-state index contributed by atoms with van der Waals surface area (Å²) in [6.45, 7) is 2.35. The molecule has 1 spiro atoms. The van der Waals surface area contributed by atoms with Gasteiger partial charge in [-0.2, -0.15) is 0 Å². The first-order chi connectivity index (χ1) is 12.8. The molecule has 26 heavy (non-hydrogen) atoms. The minimum atomic E-state index is -0.289. The maximum Gasteiger partial charge on any atom is 0.234 e. The Bertz CT molecular complexity index is 791. The van der Waals surface area contributed by atoms with Crippen LogP contribution in [-0.2, 0) is 9.53 Å². The Morgan fingerprint density at radius 3 is 2.19 bits per heavy atom. The minimum absolute atomic E-state index is 0.0533. The van der Waals surface area contributed by atoms with E-state index in [1.807, 2.05) is 65.2 Å². The van der Waals surface area contributed by atoms with Gasteiger partial charge in [0.25, 0.3) is 0 Å². The summed E-state index contributed by atoms with van der Waals surface area (Å²) < 4.78 is 12.0. The Labute approximate surface area is 157 Å². The van der Waals surface area contributed by atoms with Gasteiger partial charge in [-0.1, -0.05) is 36.4 Å². The van der Waals surface area contributed by atoms with Crippen molar-refractivity contribution in [3.63, 3.8) is 0 Å². The van der Waals surface area contributed by atoms with Crippen LogP contribution in [0.5, 0.6) is 11.5 Å². The molecule has 1 amide bonds. The second-order valence-corrected chi connectivity index (χ2v) is 8.48. The van der Waals surface area contributed by atoms with Crippen molar-refractivity contribution in [2.45, 2.75) is 23.7 Å². The zero-order valence-corrected chi connectivity index (χ0v) is 15.3. The van der Waals surface area contributed by atoms with Crippen LogP contribution in [0.4, 0.5) is 0 Å². The summed E-state index contributed by atoms with van der Waals surface area (Å²) in [5.74, 6) is 2.52. The summed E-state index contributed by atoms with van der Waals surface area (Å²) >= 11 is 1.91. The highest BCUT2D eigenvalue weighted by Crippen LogP contribution is 2.46. The monoisotopic (exact) mass is 367 g/mol. The summed E-state index contributed by atoms with van der Waals surface area (Å²) in [7, 11) is 0. The maximum absolute atomic E-state index is 13.5. The van der Waals surface area contributed by atoms with E-state index in [4.69, 9.17) is 9.47 Å². The van der Waals surface area contributed by atoms with Crippen LogP contribution in [0.1, 0.15) is 29.9 Å². The number of carbonyl (C=O) groups excluding carboxylic acids is 1. The zero-order chi connectivity index (χ0) is 17.6. The summed E-state index contributed by atoms with van der Waals surface area (Å²) in [5, 5.41) is 0. The van der Waals surface area contributed by atoms with Crippen LogP contribution >= 0.6 is 11.8 Å². The molecule has 0 N–H and O–H groups in total. The van der Waals surface area contributed by atoms with Gasteiger partial charge in [0, 0.05) is 42.8 Å². The number of fused-ring (bicyclic) bond motifs is 2. The third-order valence-corrected chi connectivity index (χ3v) is 7.00. The number of nitrogens with zero attached hydrogens (tertiary/aromatic N) is 1. The number of benzene rings is 2. The van der Waals surface area contributed by atoms with E-state index in [-0.39, 0.29) is 16.8 Å². The van der Waals surface area contributed by atoms with Crippen LogP contribution < -0.4 is 4.74 Å². The van der Waals surface area contributed by atoms with Crippen molar-refractivity contribution in [3.8, 4) is 11.5 Å². The van der Waals surface area contributed by atoms with Gasteiger partial charge in [-0.15, -0.1) is 11.8 Å². The molecular formula is C21H21NO3S. The highest BCUT2D eigenvalue weighted by Gasteiger charge is 2.42. The third kappa shape index (κ3) is 2.61. The number of hydrogen-bond acceptors (Lipinski definition) is 4. The van der Waals surface area contributed by atoms with Crippen molar-refractivity contribution in [1.29, 1.82) is 0 Å². The molecule has 2 fully saturated rings. The normalized spacial score (nSPS) is 21.2. The molecule has 0 saturated carbocycles. The summed E-state index contributed by atoms with van der Waals surface area (Å²) in [4.78, 5) is 15.5.